The molecule has 1 saturated heterocycles. The summed E-state index contributed by atoms with van der Waals surface area (Å²) in [7, 11) is 1.47. The van der Waals surface area contributed by atoms with Gasteiger partial charge in [-0.1, -0.05) is 30.3 Å². The van der Waals surface area contributed by atoms with Gasteiger partial charge in [-0.3, -0.25) is 14.4 Å². The molecule has 7 nitrogen and oxygen atoms in total. The van der Waals surface area contributed by atoms with Gasteiger partial charge >= 0.3 is 0 Å². The lowest BCUT2D eigenvalue weighted by Crippen LogP contribution is -2.35. The molecule has 3 rings (SSSR count). The maximum atomic E-state index is 12.9. The lowest BCUT2D eigenvalue weighted by molar-refractivity contribution is 0.0949. The smallest absolute Gasteiger partial charge is 0.264 e. The Morgan fingerprint density at radius 2 is 1.87 bits per heavy atom. The van der Waals surface area contributed by atoms with Crippen LogP contribution in [-0.2, 0) is 0 Å². The molecular formula is C23H30N4O3. The van der Waals surface area contributed by atoms with Crippen molar-refractivity contribution in [2.75, 3.05) is 26.7 Å². The number of nitrogens with one attached hydrogen (secondary N) is 3. The first-order chi connectivity index (χ1) is 14.5. The van der Waals surface area contributed by atoms with Crippen LogP contribution in [0.15, 0.2) is 47.4 Å². The molecule has 1 aliphatic rings. The Morgan fingerprint density at radius 3 is 2.53 bits per heavy atom. The third-order valence-corrected chi connectivity index (χ3v) is 5.77. The Hall–Kier alpha value is -2.93. The number of nitrogens with zero attached hydrogens (tertiary/aromatic N) is 1. The highest BCUT2D eigenvalue weighted by molar-refractivity contribution is 5.99. The van der Waals surface area contributed by atoms with Gasteiger partial charge in [-0.2, -0.15) is 0 Å². The first-order valence-corrected chi connectivity index (χ1v) is 10.5. The molecule has 2 heterocycles. The minimum absolute atomic E-state index is 0.0358. The number of hydrogen-bond acceptors (Lipinski definition) is 4. The summed E-state index contributed by atoms with van der Waals surface area (Å²) in [5.74, 6) is -0.165. The molecule has 1 atom stereocenters. The highest BCUT2D eigenvalue weighted by atomic mass is 16.2. The van der Waals surface area contributed by atoms with Crippen molar-refractivity contribution in [1.29, 1.82) is 0 Å². The minimum atomic E-state index is -0.502. The molecule has 1 aliphatic heterocycles. The van der Waals surface area contributed by atoms with Crippen molar-refractivity contribution >= 4 is 11.8 Å². The summed E-state index contributed by atoms with van der Waals surface area (Å²) in [6.45, 7) is 4.50. The number of pyridine rings is 1. The highest BCUT2D eigenvalue weighted by Gasteiger charge is 2.20. The van der Waals surface area contributed by atoms with Gasteiger partial charge in [0.15, 0.2) is 0 Å². The summed E-state index contributed by atoms with van der Waals surface area (Å²) in [5, 5.41) is 8.78. The zero-order valence-electron chi connectivity index (χ0n) is 17.6. The molecule has 3 N–H and O–H groups in total. The van der Waals surface area contributed by atoms with Gasteiger partial charge in [0.2, 0.25) is 0 Å². The number of piperidine rings is 1. The summed E-state index contributed by atoms with van der Waals surface area (Å²) in [6, 6.07) is 10.6. The Kier molecular flexibility index (Phi) is 7.41. The van der Waals surface area contributed by atoms with Gasteiger partial charge in [-0.15, -0.1) is 0 Å². The topological polar surface area (TPSA) is 92.2 Å². The van der Waals surface area contributed by atoms with E-state index in [1.807, 2.05) is 37.3 Å². The summed E-state index contributed by atoms with van der Waals surface area (Å²) >= 11 is 0. The van der Waals surface area contributed by atoms with Crippen molar-refractivity contribution in [2.24, 2.45) is 5.92 Å². The Morgan fingerprint density at radius 1 is 1.17 bits per heavy atom. The number of amides is 2. The molecule has 0 aliphatic carbocycles. The van der Waals surface area contributed by atoms with Crippen LogP contribution in [0.25, 0.3) is 0 Å². The van der Waals surface area contributed by atoms with Gasteiger partial charge in [0, 0.05) is 19.8 Å². The van der Waals surface area contributed by atoms with E-state index < -0.39 is 11.5 Å². The van der Waals surface area contributed by atoms with Crippen LogP contribution in [0.3, 0.4) is 0 Å². The molecule has 0 radical (unpaired) electrons. The van der Waals surface area contributed by atoms with Crippen LogP contribution in [0.1, 0.15) is 58.5 Å². The predicted molar refractivity (Wildman–Crippen MR) is 117 cm³/mol. The van der Waals surface area contributed by atoms with Gasteiger partial charge in [0.25, 0.3) is 17.4 Å². The lowest BCUT2D eigenvalue weighted by Gasteiger charge is -2.22. The minimum Gasteiger partial charge on any atom is -0.355 e. The van der Waals surface area contributed by atoms with Crippen LogP contribution >= 0.6 is 0 Å². The summed E-state index contributed by atoms with van der Waals surface area (Å²) < 4.78 is 1.46. The standard InChI is InChI=1S/C23H30N4O3/c1-16(18-6-4-3-5-7-18)27-15-19(14-20(23(27)30)22(29)24-2)21(28)26-13-10-17-8-11-25-12-9-17/h3-7,14-17,25H,8-13H2,1-2H3,(H,24,29)(H,26,28)/t16-/m1/s1. The molecule has 160 valence electrons. The van der Waals surface area contributed by atoms with E-state index in [0.717, 1.165) is 37.9 Å². The molecule has 0 bridgehead atoms. The molecule has 7 heteroatoms. The van der Waals surface area contributed by atoms with Crippen molar-refractivity contribution in [3.63, 3.8) is 0 Å². The Bertz CT molecular complexity index is 933. The van der Waals surface area contributed by atoms with E-state index in [-0.39, 0.29) is 17.5 Å². The quantitative estimate of drug-likeness (QED) is 0.650. The summed E-state index contributed by atoms with van der Waals surface area (Å²) in [5.41, 5.74) is 0.774. The number of carbonyl (C=O) groups excluding carboxylic acids is 2. The third-order valence-electron chi connectivity index (χ3n) is 5.77. The first-order valence-electron chi connectivity index (χ1n) is 10.5. The number of carbonyl (C=O) groups is 2. The molecular weight excluding hydrogens is 380 g/mol. The highest BCUT2D eigenvalue weighted by Crippen LogP contribution is 2.17. The molecule has 1 aromatic heterocycles. The Labute approximate surface area is 176 Å². The molecule has 1 fully saturated rings. The van der Waals surface area contributed by atoms with E-state index in [9.17, 15) is 14.4 Å². The van der Waals surface area contributed by atoms with Gasteiger partial charge in [0.05, 0.1) is 11.6 Å². The van der Waals surface area contributed by atoms with E-state index in [0.29, 0.717) is 18.0 Å². The number of benzene rings is 1. The SMILES string of the molecule is CNC(=O)c1cc(C(=O)NCCC2CCNCC2)cn([C@H](C)c2ccccc2)c1=O. The summed E-state index contributed by atoms with van der Waals surface area (Å²) in [4.78, 5) is 38.0. The van der Waals surface area contributed by atoms with Crippen molar-refractivity contribution in [3.05, 3.63) is 69.6 Å². The summed E-state index contributed by atoms with van der Waals surface area (Å²) in [6.07, 6.45) is 4.72. The predicted octanol–water partition coefficient (Wildman–Crippen LogP) is 1.94. The maximum Gasteiger partial charge on any atom is 0.264 e. The second kappa shape index (κ2) is 10.2. The van der Waals surface area contributed by atoms with Crippen molar-refractivity contribution in [3.8, 4) is 0 Å². The molecule has 2 aromatic rings. The monoisotopic (exact) mass is 410 g/mol. The van der Waals surface area contributed by atoms with Crippen LogP contribution in [-0.4, -0.2) is 43.1 Å². The zero-order valence-corrected chi connectivity index (χ0v) is 17.6. The first kappa shape index (κ1) is 21.8. The van der Waals surface area contributed by atoms with Crippen molar-refractivity contribution < 1.29 is 9.59 Å². The normalized spacial score (nSPS) is 15.4. The zero-order chi connectivity index (χ0) is 21.5. The van der Waals surface area contributed by atoms with Crippen LogP contribution in [0, 0.1) is 5.92 Å². The van der Waals surface area contributed by atoms with Gasteiger partial charge in [0.1, 0.15) is 5.56 Å². The molecule has 1 aromatic carbocycles. The van der Waals surface area contributed by atoms with Crippen LogP contribution < -0.4 is 21.5 Å². The number of rotatable bonds is 7. The fourth-order valence-electron chi connectivity index (χ4n) is 3.87. The fraction of sp³-hybridized carbons (Fsp3) is 0.435. The molecule has 0 spiro atoms. The van der Waals surface area contributed by atoms with Crippen molar-refractivity contribution in [2.45, 2.75) is 32.2 Å². The molecule has 0 unspecified atom stereocenters. The number of hydrogen-bond donors (Lipinski definition) is 3. The van der Waals surface area contributed by atoms with Gasteiger partial charge < -0.3 is 20.5 Å². The average molecular weight is 411 g/mol. The average Bonchev–Trinajstić information content (AvgIpc) is 2.79. The van der Waals surface area contributed by atoms with E-state index >= 15 is 0 Å². The van der Waals surface area contributed by atoms with Crippen molar-refractivity contribution in [1.82, 2.24) is 20.5 Å². The van der Waals surface area contributed by atoms with Crippen LogP contribution in [0.5, 0.6) is 0 Å². The van der Waals surface area contributed by atoms with E-state index in [1.165, 1.54) is 17.7 Å². The molecule has 2 amide bonds. The largest absolute Gasteiger partial charge is 0.355 e. The maximum absolute atomic E-state index is 12.9. The third kappa shape index (κ3) is 5.16. The van der Waals surface area contributed by atoms with E-state index in [4.69, 9.17) is 0 Å². The van der Waals surface area contributed by atoms with E-state index in [1.54, 1.807) is 6.20 Å². The Balaban J connectivity index is 1.83. The van der Waals surface area contributed by atoms with Gasteiger partial charge in [-0.05, 0) is 56.8 Å². The van der Waals surface area contributed by atoms with Crippen LogP contribution in [0.2, 0.25) is 0 Å². The van der Waals surface area contributed by atoms with Crippen LogP contribution in [0.4, 0.5) is 0 Å². The molecule has 30 heavy (non-hydrogen) atoms. The second-order valence-corrected chi connectivity index (χ2v) is 7.76. The molecule has 0 saturated carbocycles. The fourth-order valence-corrected chi connectivity index (χ4v) is 3.87. The number of aromatic nitrogens is 1. The van der Waals surface area contributed by atoms with E-state index in [2.05, 4.69) is 16.0 Å². The second-order valence-electron chi connectivity index (χ2n) is 7.76. The van der Waals surface area contributed by atoms with Gasteiger partial charge in [-0.25, -0.2) is 0 Å². The lowest BCUT2D eigenvalue weighted by atomic mass is 9.95.